The van der Waals surface area contributed by atoms with Gasteiger partial charge in [-0.05, 0) is 97.0 Å². The highest BCUT2D eigenvalue weighted by Gasteiger charge is 2.07. The lowest BCUT2D eigenvalue weighted by Crippen LogP contribution is -1.92. The molecule has 0 unspecified atom stereocenters. The molecule has 2 aromatic carbocycles. The first-order valence-electron chi connectivity index (χ1n) is 7.82. The highest BCUT2D eigenvalue weighted by molar-refractivity contribution is 8.14. The summed E-state index contributed by atoms with van der Waals surface area (Å²) in [5, 5.41) is -0.124. The number of carbonyl (C=O) groups is 2. The van der Waals surface area contributed by atoms with Crippen molar-refractivity contribution in [3.05, 3.63) is 72.8 Å². The zero-order valence-corrected chi connectivity index (χ0v) is 17.3. The van der Waals surface area contributed by atoms with Gasteiger partial charge in [-0.25, -0.2) is 0 Å². The van der Waals surface area contributed by atoms with Crippen LogP contribution in [0.15, 0.2) is 82.6 Å². The fourth-order valence-electron chi connectivity index (χ4n) is 1.61. The number of hydrogen-bond acceptors (Lipinski definition) is 7. The summed E-state index contributed by atoms with van der Waals surface area (Å²) in [5.41, 5.74) is 1.02. The van der Waals surface area contributed by atoms with Crippen LogP contribution in [-0.2, 0) is 9.59 Å². The summed E-state index contributed by atoms with van der Waals surface area (Å²) >= 11 is 3.08. The topological polar surface area (TPSA) is 52.6 Å². The van der Waals surface area contributed by atoms with Crippen molar-refractivity contribution in [2.24, 2.45) is 0 Å². The molecule has 0 fully saturated rings. The second-order valence-electron chi connectivity index (χ2n) is 5.52. The normalized spacial score (nSPS) is 10.1. The zero-order chi connectivity index (χ0) is 19.8. The van der Waals surface area contributed by atoms with E-state index in [1.807, 2.05) is 0 Å². The van der Waals surface area contributed by atoms with Gasteiger partial charge in [0.1, 0.15) is 11.5 Å². The third kappa shape index (κ3) is 7.21. The summed E-state index contributed by atoms with van der Waals surface area (Å²) in [4.78, 5) is 24.9. The van der Waals surface area contributed by atoms with Crippen molar-refractivity contribution < 1.29 is 18.0 Å². The Balaban J connectivity index is 1.80. The van der Waals surface area contributed by atoms with Gasteiger partial charge in [0.05, 0.1) is 0 Å². The molecule has 0 aliphatic carbocycles. The van der Waals surface area contributed by atoms with Gasteiger partial charge in [0.15, 0.2) is 0 Å². The van der Waals surface area contributed by atoms with Crippen molar-refractivity contribution in [2.45, 2.75) is 23.6 Å². The third-order valence-electron chi connectivity index (χ3n) is 3.03. The average Bonchev–Trinajstić information content (AvgIpc) is 2.64. The maximum atomic E-state index is 11.6. The summed E-state index contributed by atoms with van der Waals surface area (Å²) in [6.45, 7) is 10.6. The van der Waals surface area contributed by atoms with Crippen LogP contribution in [0.2, 0.25) is 0 Å². The minimum absolute atomic E-state index is 0.0621. The van der Waals surface area contributed by atoms with Gasteiger partial charge in [-0.2, -0.15) is 0 Å². The first-order chi connectivity index (χ1) is 12.8. The fourth-order valence-corrected chi connectivity index (χ4v) is 3.34. The van der Waals surface area contributed by atoms with E-state index in [0.29, 0.717) is 22.6 Å². The largest absolute Gasteiger partial charge is 0.391 e. The standard InChI is InChI=1S/C20H18O4S3/c1-13(2)19(21)25-17-9-5-15(6-10-17)23-27-24-16-7-11-18(12-8-16)26-20(22)14(3)4/h5-12H,1,3H2,2,4H3. The molecule has 2 aromatic rings. The van der Waals surface area contributed by atoms with Crippen molar-refractivity contribution in [2.75, 3.05) is 0 Å². The van der Waals surface area contributed by atoms with Crippen LogP contribution in [0.5, 0.6) is 11.5 Å². The summed E-state index contributed by atoms with van der Waals surface area (Å²) in [5.74, 6) is 1.21. The highest BCUT2D eigenvalue weighted by Crippen LogP contribution is 2.28. The number of hydrogen-bond donors (Lipinski definition) is 0. The molecule has 0 saturated heterocycles. The number of thioether (sulfide) groups is 2. The van der Waals surface area contributed by atoms with E-state index in [-0.39, 0.29) is 10.2 Å². The molecule has 140 valence electrons. The summed E-state index contributed by atoms with van der Waals surface area (Å²) < 4.78 is 10.9. The second kappa shape index (κ2) is 10.3. The van der Waals surface area contributed by atoms with E-state index in [1.54, 1.807) is 62.4 Å². The Morgan fingerprint density at radius 2 is 1.04 bits per heavy atom. The van der Waals surface area contributed by atoms with Crippen LogP contribution < -0.4 is 8.37 Å². The van der Waals surface area contributed by atoms with E-state index < -0.39 is 0 Å². The van der Waals surface area contributed by atoms with E-state index in [2.05, 4.69) is 13.2 Å². The molecule has 0 radical (unpaired) electrons. The molecule has 0 aliphatic heterocycles. The minimum Gasteiger partial charge on any atom is -0.391 e. The predicted octanol–water partition coefficient (Wildman–Crippen LogP) is 6.10. The van der Waals surface area contributed by atoms with Gasteiger partial charge in [-0.15, -0.1) is 0 Å². The van der Waals surface area contributed by atoms with Crippen LogP contribution in [0.25, 0.3) is 0 Å². The molecule has 7 heteroatoms. The van der Waals surface area contributed by atoms with E-state index in [0.717, 1.165) is 45.6 Å². The van der Waals surface area contributed by atoms with Crippen LogP contribution in [0.4, 0.5) is 0 Å². The van der Waals surface area contributed by atoms with Gasteiger partial charge < -0.3 is 8.37 Å². The molecule has 0 bridgehead atoms. The Morgan fingerprint density at radius 1 is 0.704 bits per heavy atom. The van der Waals surface area contributed by atoms with Crippen LogP contribution in [-0.4, -0.2) is 10.2 Å². The molecule has 4 nitrogen and oxygen atoms in total. The number of benzene rings is 2. The lowest BCUT2D eigenvalue weighted by atomic mass is 10.3. The van der Waals surface area contributed by atoms with Crippen molar-refractivity contribution in [1.29, 1.82) is 0 Å². The fraction of sp³-hybridized carbons (Fsp3) is 0.100. The van der Waals surface area contributed by atoms with E-state index >= 15 is 0 Å². The van der Waals surface area contributed by atoms with E-state index in [1.165, 1.54) is 0 Å². The van der Waals surface area contributed by atoms with Crippen LogP contribution in [0.1, 0.15) is 13.8 Å². The smallest absolute Gasteiger partial charge is 0.293 e. The molecule has 2 rings (SSSR count). The quantitative estimate of drug-likeness (QED) is 0.292. The molecular weight excluding hydrogens is 400 g/mol. The predicted molar refractivity (Wildman–Crippen MR) is 113 cm³/mol. The SMILES string of the molecule is C=C(C)C(=O)Sc1ccc(OSOc2ccc(SC(=O)C(=C)C)cc2)cc1. The molecule has 0 atom stereocenters. The molecule has 0 N–H and O–H groups in total. The monoisotopic (exact) mass is 418 g/mol. The molecule has 0 heterocycles. The van der Waals surface area contributed by atoms with Crippen molar-refractivity contribution in [1.82, 2.24) is 0 Å². The second-order valence-corrected chi connectivity index (χ2v) is 8.08. The summed E-state index contributed by atoms with van der Waals surface area (Å²) in [6.07, 6.45) is 0. The average molecular weight is 419 g/mol. The van der Waals surface area contributed by atoms with Gasteiger partial charge in [0.25, 0.3) is 12.3 Å². The van der Waals surface area contributed by atoms with Crippen molar-refractivity contribution in [3.63, 3.8) is 0 Å². The first-order valence-corrected chi connectivity index (χ1v) is 10.1. The van der Waals surface area contributed by atoms with Crippen LogP contribution in [0, 0.1) is 0 Å². The maximum Gasteiger partial charge on any atom is 0.293 e. The third-order valence-corrected chi connectivity index (χ3v) is 5.63. The first kappa shape index (κ1) is 21.2. The Hall–Kier alpha value is -2.09. The van der Waals surface area contributed by atoms with Crippen LogP contribution in [0.3, 0.4) is 0 Å². The Morgan fingerprint density at radius 3 is 1.33 bits per heavy atom. The molecule has 0 saturated carbocycles. The molecule has 0 aromatic heterocycles. The van der Waals surface area contributed by atoms with Gasteiger partial charge in [-0.3, -0.25) is 9.59 Å². The maximum absolute atomic E-state index is 11.6. The molecule has 0 aliphatic rings. The summed E-state index contributed by atoms with van der Waals surface area (Å²) in [6, 6.07) is 14.2. The van der Waals surface area contributed by atoms with Crippen molar-refractivity contribution >= 4 is 46.1 Å². The summed E-state index contributed by atoms with van der Waals surface area (Å²) in [7, 11) is 0. The zero-order valence-electron chi connectivity index (χ0n) is 14.9. The Labute approximate surface area is 171 Å². The van der Waals surface area contributed by atoms with Gasteiger partial charge in [0.2, 0.25) is 10.2 Å². The van der Waals surface area contributed by atoms with E-state index in [4.69, 9.17) is 8.37 Å². The molecule has 27 heavy (non-hydrogen) atoms. The van der Waals surface area contributed by atoms with Gasteiger partial charge >= 0.3 is 0 Å². The molecular formula is C20H18O4S3. The lowest BCUT2D eigenvalue weighted by molar-refractivity contribution is -0.108. The van der Waals surface area contributed by atoms with E-state index in [9.17, 15) is 9.59 Å². The molecule has 0 amide bonds. The number of rotatable bonds is 8. The van der Waals surface area contributed by atoms with Crippen LogP contribution >= 0.6 is 35.8 Å². The van der Waals surface area contributed by atoms with Gasteiger partial charge in [-0.1, -0.05) is 13.2 Å². The Bertz CT molecular complexity index is 771. The highest BCUT2D eigenvalue weighted by atomic mass is 32.2. The number of carbonyl (C=O) groups excluding carboxylic acids is 2. The Kier molecular flexibility index (Phi) is 8.09. The minimum atomic E-state index is -0.0621. The lowest BCUT2D eigenvalue weighted by Gasteiger charge is -2.06. The van der Waals surface area contributed by atoms with Crippen molar-refractivity contribution in [3.8, 4) is 11.5 Å². The molecule has 0 spiro atoms. The van der Waals surface area contributed by atoms with Gasteiger partial charge in [0, 0.05) is 9.79 Å².